The number of nitrogens with one attached hydrogen (secondary N) is 1. The summed E-state index contributed by atoms with van der Waals surface area (Å²) < 4.78 is 34.0. The van der Waals surface area contributed by atoms with Gasteiger partial charge >= 0.3 is 6.61 Å². The lowest BCUT2D eigenvalue weighted by molar-refractivity contribution is -0.138. The smallest absolute Gasteiger partial charge is 0.387 e. The van der Waals surface area contributed by atoms with E-state index in [1.165, 1.54) is 6.07 Å². The third-order valence-corrected chi connectivity index (χ3v) is 7.16. The van der Waals surface area contributed by atoms with Gasteiger partial charge in [0.15, 0.2) is 5.82 Å². The molecule has 0 spiro atoms. The number of anilines is 1. The monoisotopic (exact) mass is 508 g/mol. The van der Waals surface area contributed by atoms with E-state index in [9.17, 15) is 13.6 Å². The standard InChI is InChI=1S/C25H26F2N8O2/c26-24(27)37-20-3-1-2-19-18(20)9-11-35(19)21-8-10-28-25(31-21)30-17-6-4-16(5-7-17)23(36)33-12-13-34-15-29-32-22(34)14-33/h1-3,8-11,15-17,24H,4-7,12-14H2,(H,28,30,31). The highest BCUT2D eigenvalue weighted by Crippen LogP contribution is 2.31. The Morgan fingerprint density at radius 1 is 1.11 bits per heavy atom. The molecule has 1 aliphatic carbocycles. The molecule has 1 N–H and O–H groups in total. The van der Waals surface area contributed by atoms with Crippen LogP contribution in [0.4, 0.5) is 14.7 Å². The molecule has 1 saturated carbocycles. The van der Waals surface area contributed by atoms with Crippen molar-refractivity contribution in [3.8, 4) is 11.6 Å². The van der Waals surface area contributed by atoms with Crippen LogP contribution in [0.3, 0.4) is 0 Å². The summed E-state index contributed by atoms with van der Waals surface area (Å²) in [5.74, 6) is 2.26. The molecule has 10 nitrogen and oxygen atoms in total. The van der Waals surface area contributed by atoms with E-state index in [1.54, 1.807) is 36.9 Å². The normalized spacial score (nSPS) is 19.7. The summed E-state index contributed by atoms with van der Waals surface area (Å²) in [6.45, 7) is -0.958. The Hall–Kier alpha value is -4.09. The van der Waals surface area contributed by atoms with E-state index in [-0.39, 0.29) is 23.6 Å². The van der Waals surface area contributed by atoms with Crippen molar-refractivity contribution in [2.24, 2.45) is 5.92 Å². The molecule has 1 amide bonds. The molecule has 0 unspecified atom stereocenters. The molecule has 2 aliphatic rings. The van der Waals surface area contributed by atoms with Crippen molar-refractivity contribution in [1.29, 1.82) is 0 Å². The molecule has 192 valence electrons. The molecule has 1 aromatic carbocycles. The molecular formula is C25H26F2N8O2. The van der Waals surface area contributed by atoms with Crippen molar-refractivity contribution >= 4 is 22.8 Å². The predicted octanol–water partition coefficient (Wildman–Crippen LogP) is 3.63. The van der Waals surface area contributed by atoms with Gasteiger partial charge in [0.1, 0.15) is 17.9 Å². The number of alkyl halides is 2. The fourth-order valence-corrected chi connectivity index (χ4v) is 5.27. The summed E-state index contributed by atoms with van der Waals surface area (Å²) in [4.78, 5) is 24.0. The van der Waals surface area contributed by atoms with E-state index in [0.717, 1.165) is 38.1 Å². The molecule has 4 heterocycles. The van der Waals surface area contributed by atoms with Crippen LogP contribution in [0.2, 0.25) is 0 Å². The molecule has 12 heteroatoms. The van der Waals surface area contributed by atoms with Crippen LogP contribution in [0.25, 0.3) is 16.7 Å². The van der Waals surface area contributed by atoms with Crippen molar-refractivity contribution < 1.29 is 18.3 Å². The van der Waals surface area contributed by atoms with E-state index in [1.807, 2.05) is 20.1 Å². The summed E-state index contributed by atoms with van der Waals surface area (Å²) in [6.07, 6.45) is 8.44. The Morgan fingerprint density at radius 3 is 2.81 bits per heavy atom. The van der Waals surface area contributed by atoms with Gasteiger partial charge in [0.25, 0.3) is 0 Å². The number of carbonyl (C=O) groups is 1. The molecule has 1 aliphatic heterocycles. The van der Waals surface area contributed by atoms with Gasteiger partial charge in [0, 0.05) is 42.8 Å². The lowest BCUT2D eigenvalue weighted by Gasteiger charge is -2.34. The van der Waals surface area contributed by atoms with Crippen LogP contribution in [0, 0.1) is 5.92 Å². The molecule has 37 heavy (non-hydrogen) atoms. The van der Waals surface area contributed by atoms with Crippen molar-refractivity contribution in [2.45, 2.75) is 51.4 Å². The van der Waals surface area contributed by atoms with Crippen molar-refractivity contribution in [3.63, 3.8) is 0 Å². The number of carbonyl (C=O) groups excluding carboxylic acids is 1. The van der Waals surface area contributed by atoms with E-state index in [4.69, 9.17) is 0 Å². The predicted molar refractivity (Wildman–Crippen MR) is 130 cm³/mol. The number of ether oxygens (including phenoxy) is 1. The Kier molecular flexibility index (Phi) is 6.15. The second-order valence-corrected chi connectivity index (χ2v) is 9.38. The minimum Gasteiger partial charge on any atom is -0.434 e. The molecule has 3 aromatic heterocycles. The fraction of sp³-hybridized carbons (Fsp3) is 0.400. The zero-order valence-electron chi connectivity index (χ0n) is 20.0. The maximum atomic E-state index is 13.1. The van der Waals surface area contributed by atoms with Crippen LogP contribution < -0.4 is 10.1 Å². The van der Waals surface area contributed by atoms with Gasteiger partial charge in [-0.25, -0.2) is 4.98 Å². The number of hydrogen-bond acceptors (Lipinski definition) is 7. The lowest BCUT2D eigenvalue weighted by Crippen LogP contribution is -2.43. The molecule has 1 fully saturated rings. The van der Waals surface area contributed by atoms with E-state index in [0.29, 0.717) is 35.8 Å². The molecule has 6 rings (SSSR count). The molecule has 0 saturated heterocycles. The zero-order valence-corrected chi connectivity index (χ0v) is 20.0. The first kappa shape index (κ1) is 23.3. The molecule has 0 bridgehead atoms. The highest BCUT2D eigenvalue weighted by atomic mass is 19.3. The Bertz CT molecular complexity index is 1410. The molecule has 0 atom stereocenters. The van der Waals surface area contributed by atoms with Gasteiger partial charge < -0.3 is 24.1 Å². The lowest BCUT2D eigenvalue weighted by atomic mass is 9.85. The molecule has 4 aromatic rings. The van der Waals surface area contributed by atoms with Gasteiger partial charge in [-0.1, -0.05) is 6.07 Å². The quantitative estimate of drug-likeness (QED) is 0.424. The van der Waals surface area contributed by atoms with Gasteiger partial charge in [-0.2, -0.15) is 13.8 Å². The van der Waals surface area contributed by atoms with Gasteiger partial charge in [-0.3, -0.25) is 4.79 Å². The number of fused-ring (bicyclic) bond motifs is 2. The van der Waals surface area contributed by atoms with Gasteiger partial charge in [-0.15, -0.1) is 10.2 Å². The summed E-state index contributed by atoms with van der Waals surface area (Å²) in [6, 6.07) is 8.67. The zero-order chi connectivity index (χ0) is 25.4. The van der Waals surface area contributed by atoms with Crippen molar-refractivity contribution in [3.05, 3.63) is 54.9 Å². The van der Waals surface area contributed by atoms with Crippen LogP contribution in [-0.4, -0.2) is 59.3 Å². The van der Waals surface area contributed by atoms with Crippen LogP contribution in [0.5, 0.6) is 5.75 Å². The van der Waals surface area contributed by atoms with Gasteiger partial charge in [-0.05, 0) is 49.9 Å². The number of benzene rings is 1. The number of nitrogens with zero attached hydrogens (tertiary/aromatic N) is 7. The number of amides is 1. The number of rotatable bonds is 6. The average molecular weight is 509 g/mol. The second kappa shape index (κ2) is 9.75. The summed E-state index contributed by atoms with van der Waals surface area (Å²) >= 11 is 0. The van der Waals surface area contributed by atoms with E-state index >= 15 is 0 Å². The summed E-state index contributed by atoms with van der Waals surface area (Å²) in [5, 5.41) is 12.0. The summed E-state index contributed by atoms with van der Waals surface area (Å²) in [5.41, 5.74) is 0.706. The maximum absolute atomic E-state index is 13.1. The highest BCUT2D eigenvalue weighted by molar-refractivity contribution is 5.87. The Labute approximate surface area is 211 Å². The maximum Gasteiger partial charge on any atom is 0.387 e. The number of halogens is 2. The SMILES string of the molecule is O=C(C1CCC(Nc2nccc(-n3ccc4c(OC(F)F)cccc43)n2)CC1)N1CCn2cnnc2C1. The largest absolute Gasteiger partial charge is 0.434 e. The molecule has 0 radical (unpaired) electrons. The topological polar surface area (TPSA) is 103 Å². The van der Waals surface area contributed by atoms with Gasteiger partial charge in [0.2, 0.25) is 11.9 Å². The Balaban J connectivity index is 1.09. The van der Waals surface area contributed by atoms with Crippen LogP contribution in [0.1, 0.15) is 31.5 Å². The van der Waals surface area contributed by atoms with Crippen LogP contribution >= 0.6 is 0 Å². The third kappa shape index (κ3) is 4.70. The minimum absolute atomic E-state index is 0.00988. The first-order valence-electron chi connectivity index (χ1n) is 12.4. The first-order valence-corrected chi connectivity index (χ1v) is 12.4. The second-order valence-electron chi connectivity index (χ2n) is 9.38. The number of aromatic nitrogens is 6. The fourth-order valence-electron chi connectivity index (χ4n) is 5.27. The minimum atomic E-state index is -2.89. The third-order valence-electron chi connectivity index (χ3n) is 7.16. The van der Waals surface area contributed by atoms with Crippen LogP contribution in [0.15, 0.2) is 49.1 Å². The van der Waals surface area contributed by atoms with Crippen molar-refractivity contribution in [2.75, 3.05) is 11.9 Å². The average Bonchev–Trinajstić information content (AvgIpc) is 3.56. The van der Waals surface area contributed by atoms with Gasteiger partial charge in [0.05, 0.1) is 12.1 Å². The Morgan fingerprint density at radius 2 is 1.97 bits per heavy atom. The van der Waals surface area contributed by atoms with Crippen LogP contribution in [-0.2, 0) is 17.9 Å². The van der Waals surface area contributed by atoms with E-state index in [2.05, 4.69) is 30.2 Å². The van der Waals surface area contributed by atoms with Crippen molar-refractivity contribution in [1.82, 2.24) is 34.2 Å². The number of hydrogen-bond donors (Lipinski definition) is 1. The molecular weight excluding hydrogens is 482 g/mol. The first-order chi connectivity index (χ1) is 18.0. The highest BCUT2D eigenvalue weighted by Gasteiger charge is 2.31. The van der Waals surface area contributed by atoms with E-state index < -0.39 is 6.61 Å². The summed E-state index contributed by atoms with van der Waals surface area (Å²) in [7, 11) is 0.